The molecule has 2 N–H and O–H groups in total. The average Bonchev–Trinajstić information content (AvgIpc) is 3.11. The minimum Gasteiger partial charge on any atom is -0.452 e. The largest absolute Gasteiger partial charge is 0.452 e. The van der Waals surface area contributed by atoms with Gasteiger partial charge in [-0.2, -0.15) is 0 Å². The predicted octanol–water partition coefficient (Wildman–Crippen LogP) is 4.96. The van der Waals surface area contributed by atoms with E-state index in [9.17, 15) is 9.32 Å². The molecule has 0 saturated carbocycles. The average molecular weight is 425 g/mol. The van der Waals surface area contributed by atoms with Crippen molar-refractivity contribution in [3.8, 4) is 22.6 Å². The van der Waals surface area contributed by atoms with Crippen LogP contribution >= 0.6 is 0 Å². The van der Waals surface area contributed by atoms with Gasteiger partial charge in [0, 0.05) is 33.9 Å². The van der Waals surface area contributed by atoms with E-state index in [-0.39, 0.29) is 16.8 Å². The molecule has 4 rings (SSSR count). The van der Waals surface area contributed by atoms with E-state index in [1.54, 1.807) is 42.5 Å². The summed E-state index contributed by atoms with van der Waals surface area (Å²) in [7, 11) is -2.81. The molecule has 6 nitrogen and oxygen atoms in total. The lowest BCUT2D eigenvalue weighted by Crippen LogP contribution is -2.18. The standard InChI is InChI=1S/C22H20FN3O3S/c1-22(2,27)16-6-4-5-15(19(16)23)20-21-17(25-12-26-20)11-18(29-21)13-7-9-14(10-8-13)30(3,24)28/h4-12,24,27H,1-3H3. The molecule has 0 aliphatic rings. The Hall–Kier alpha value is -3.10. The van der Waals surface area contributed by atoms with Gasteiger partial charge in [-0.1, -0.05) is 24.3 Å². The van der Waals surface area contributed by atoms with Crippen molar-refractivity contribution >= 4 is 20.8 Å². The Bertz CT molecular complexity index is 1350. The van der Waals surface area contributed by atoms with Crippen LogP contribution in [0.25, 0.3) is 33.7 Å². The maximum absolute atomic E-state index is 15.2. The lowest BCUT2D eigenvalue weighted by Gasteiger charge is -2.19. The van der Waals surface area contributed by atoms with Gasteiger partial charge < -0.3 is 9.52 Å². The molecule has 0 spiro atoms. The smallest absolute Gasteiger partial charge is 0.179 e. The van der Waals surface area contributed by atoms with Crippen LogP contribution < -0.4 is 0 Å². The zero-order valence-corrected chi connectivity index (χ0v) is 17.5. The van der Waals surface area contributed by atoms with Gasteiger partial charge in [0.25, 0.3) is 0 Å². The highest BCUT2D eigenvalue weighted by atomic mass is 32.2. The number of furan rings is 1. The summed E-state index contributed by atoms with van der Waals surface area (Å²) in [5, 5.41) is 10.3. The number of aromatic nitrogens is 2. The van der Waals surface area contributed by atoms with Crippen molar-refractivity contribution in [3.63, 3.8) is 0 Å². The highest BCUT2D eigenvalue weighted by molar-refractivity contribution is 7.91. The van der Waals surface area contributed by atoms with Crippen molar-refractivity contribution in [2.24, 2.45) is 0 Å². The molecular weight excluding hydrogens is 405 g/mol. The first-order valence-electron chi connectivity index (χ1n) is 9.16. The van der Waals surface area contributed by atoms with Gasteiger partial charge in [0.2, 0.25) is 0 Å². The zero-order chi connectivity index (χ0) is 21.7. The highest BCUT2D eigenvalue weighted by Gasteiger charge is 2.25. The van der Waals surface area contributed by atoms with Gasteiger partial charge in [0.1, 0.15) is 29.1 Å². The van der Waals surface area contributed by atoms with Crippen LogP contribution in [0, 0.1) is 10.6 Å². The van der Waals surface area contributed by atoms with Crippen molar-refractivity contribution < 1.29 is 18.1 Å². The van der Waals surface area contributed by atoms with Crippen LogP contribution in [0.1, 0.15) is 19.4 Å². The number of nitrogens with zero attached hydrogens (tertiary/aromatic N) is 2. The second-order valence-corrected chi connectivity index (χ2v) is 9.80. The number of aliphatic hydroxyl groups is 1. The number of benzene rings is 2. The first kappa shape index (κ1) is 20.2. The maximum atomic E-state index is 15.2. The van der Waals surface area contributed by atoms with E-state index in [0.717, 1.165) is 0 Å². The molecule has 0 fully saturated rings. The lowest BCUT2D eigenvalue weighted by molar-refractivity contribution is 0.0746. The van der Waals surface area contributed by atoms with E-state index in [0.29, 0.717) is 27.3 Å². The van der Waals surface area contributed by atoms with E-state index in [1.165, 1.54) is 32.5 Å². The quantitative estimate of drug-likeness (QED) is 0.481. The molecule has 0 bridgehead atoms. The molecule has 0 radical (unpaired) electrons. The first-order valence-corrected chi connectivity index (χ1v) is 11.1. The summed E-state index contributed by atoms with van der Waals surface area (Å²) in [6, 6.07) is 13.2. The van der Waals surface area contributed by atoms with E-state index >= 15 is 4.39 Å². The Morgan fingerprint density at radius 2 is 1.83 bits per heavy atom. The predicted molar refractivity (Wildman–Crippen MR) is 113 cm³/mol. The summed E-state index contributed by atoms with van der Waals surface area (Å²) in [6.07, 6.45) is 2.70. The molecule has 0 saturated heterocycles. The van der Waals surface area contributed by atoms with Gasteiger partial charge in [-0.3, -0.25) is 0 Å². The fourth-order valence-corrected chi connectivity index (χ4v) is 3.91. The summed E-state index contributed by atoms with van der Waals surface area (Å²) in [4.78, 5) is 8.87. The van der Waals surface area contributed by atoms with Crippen LogP contribution in [-0.2, 0) is 15.3 Å². The third kappa shape index (κ3) is 3.59. The van der Waals surface area contributed by atoms with Gasteiger partial charge in [-0.05, 0) is 32.0 Å². The summed E-state index contributed by atoms with van der Waals surface area (Å²) < 4.78 is 40.7. The molecule has 1 unspecified atom stereocenters. The normalized spacial score (nSPS) is 14.0. The molecule has 4 aromatic rings. The second kappa shape index (κ2) is 7.00. The van der Waals surface area contributed by atoms with E-state index in [1.807, 2.05) is 0 Å². The van der Waals surface area contributed by atoms with Crippen LogP contribution in [0.5, 0.6) is 0 Å². The third-order valence-corrected chi connectivity index (χ3v) is 5.98. The third-order valence-electron chi connectivity index (χ3n) is 4.81. The summed E-state index contributed by atoms with van der Waals surface area (Å²) in [6.45, 7) is 3.04. The van der Waals surface area contributed by atoms with E-state index in [4.69, 9.17) is 9.20 Å². The Kier molecular flexibility index (Phi) is 4.71. The van der Waals surface area contributed by atoms with Crippen molar-refractivity contribution in [1.82, 2.24) is 9.97 Å². The SMILES string of the molecule is CC(C)(O)c1cccc(-c2ncnc3cc(-c4ccc(S(C)(=N)=O)cc4)oc23)c1F. The van der Waals surface area contributed by atoms with Gasteiger partial charge in [0.15, 0.2) is 5.58 Å². The van der Waals surface area contributed by atoms with E-state index < -0.39 is 21.1 Å². The van der Waals surface area contributed by atoms with Gasteiger partial charge in [-0.25, -0.2) is 23.3 Å². The number of fused-ring (bicyclic) bond motifs is 1. The molecule has 8 heteroatoms. The highest BCUT2D eigenvalue weighted by Crippen LogP contribution is 2.35. The molecule has 2 aromatic carbocycles. The van der Waals surface area contributed by atoms with Gasteiger partial charge >= 0.3 is 0 Å². The topological polar surface area (TPSA) is 100 Å². The lowest BCUT2D eigenvalue weighted by atomic mass is 9.94. The fraction of sp³-hybridized carbons (Fsp3) is 0.182. The van der Waals surface area contributed by atoms with E-state index in [2.05, 4.69) is 9.97 Å². The Morgan fingerprint density at radius 3 is 2.47 bits per heavy atom. The van der Waals surface area contributed by atoms with Crippen molar-refractivity contribution in [1.29, 1.82) is 4.78 Å². The summed E-state index contributed by atoms with van der Waals surface area (Å²) in [5.41, 5.74) is 0.838. The molecule has 0 amide bonds. The van der Waals surface area contributed by atoms with Crippen molar-refractivity contribution in [2.45, 2.75) is 24.3 Å². The zero-order valence-electron chi connectivity index (χ0n) is 16.6. The van der Waals surface area contributed by atoms with Crippen LogP contribution in [0.2, 0.25) is 0 Å². The maximum Gasteiger partial charge on any atom is 0.179 e. The molecule has 0 aliphatic heterocycles. The Balaban J connectivity index is 1.85. The monoisotopic (exact) mass is 425 g/mol. The number of halogens is 1. The molecule has 30 heavy (non-hydrogen) atoms. The molecule has 2 aromatic heterocycles. The van der Waals surface area contributed by atoms with Crippen LogP contribution in [-0.4, -0.2) is 25.5 Å². The van der Waals surface area contributed by atoms with Crippen molar-refractivity contribution in [2.75, 3.05) is 6.26 Å². The Labute approximate surface area is 173 Å². The van der Waals surface area contributed by atoms with Crippen LogP contribution in [0.15, 0.2) is 64.2 Å². The number of hydrogen-bond donors (Lipinski definition) is 2. The van der Waals surface area contributed by atoms with Crippen LogP contribution in [0.4, 0.5) is 4.39 Å². The molecular formula is C22H20FN3O3S. The Morgan fingerprint density at radius 1 is 1.13 bits per heavy atom. The second-order valence-electron chi connectivity index (χ2n) is 7.64. The first-order chi connectivity index (χ1) is 14.1. The molecule has 154 valence electrons. The fourth-order valence-electron chi connectivity index (χ4n) is 3.25. The molecule has 2 heterocycles. The van der Waals surface area contributed by atoms with Gasteiger partial charge in [0.05, 0.1) is 15.3 Å². The van der Waals surface area contributed by atoms with Gasteiger partial charge in [-0.15, -0.1) is 0 Å². The van der Waals surface area contributed by atoms with Crippen molar-refractivity contribution in [3.05, 3.63) is 66.2 Å². The summed E-state index contributed by atoms with van der Waals surface area (Å²) in [5.74, 6) is -0.0783. The number of nitrogens with one attached hydrogen (secondary N) is 1. The summed E-state index contributed by atoms with van der Waals surface area (Å²) >= 11 is 0. The minimum absolute atomic E-state index is 0.160. The number of hydrogen-bond acceptors (Lipinski definition) is 6. The minimum atomic E-state index is -2.81. The molecule has 1 atom stereocenters. The number of rotatable bonds is 4. The molecule has 0 aliphatic carbocycles. The van der Waals surface area contributed by atoms with Crippen LogP contribution in [0.3, 0.4) is 0 Å².